The zero-order chi connectivity index (χ0) is 15.4. The average Bonchev–Trinajstić information content (AvgIpc) is 2.87. The van der Waals surface area contributed by atoms with Crippen molar-refractivity contribution >= 4 is 33.5 Å². The lowest BCUT2D eigenvalue weighted by Gasteiger charge is -2.13. The van der Waals surface area contributed by atoms with Gasteiger partial charge < -0.3 is 14.5 Å². The highest BCUT2D eigenvalue weighted by atomic mass is 79.9. The van der Waals surface area contributed by atoms with Crippen LogP contribution >= 0.6 is 15.9 Å². The van der Waals surface area contributed by atoms with Crippen LogP contribution in [0.2, 0.25) is 0 Å². The molecule has 2 aromatic rings. The molecule has 0 bridgehead atoms. The number of aryl methyl sites for hydroxylation is 1. The second kappa shape index (κ2) is 6.58. The van der Waals surface area contributed by atoms with Crippen LogP contribution in [-0.4, -0.2) is 18.0 Å². The van der Waals surface area contributed by atoms with Gasteiger partial charge in [-0.3, -0.25) is 4.79 Å². The van der Waals surface area contributed by atoms with Crippen LogP contribution in [0.1, 0.15) is 23.0 Å². The van der Waals surface area contributed by atoms with Crippen LogP contribution in [0.3, 0.4) is 0 Å². The molecule has 0 spiro atoms. The van der Waals surface area contributed by atoms with Gasteiger partial charge in [-0.1, -0.05) is 15.9 Å². The number of halogens is 1. The lowest BCUT2D eigenvalue weighted by molar-refractivity contribution is -0.123. The number of anilines is 1. The van der Waals surface area contributed by atoms with Crippen LogP contribution in [0, 0.1) is 6.92 Å². The summed E-state index contributed by atoms with van der Waals surface area (Å²) in [5.74, 6) is -0.521. The first-order chi connectivity index (χ1) is 9.97. The van der Waals surface area contributed by atoms with Crippen molar-refractivity contribution in [3.05, 3.63) is 52.4 Å². The molecule has 110 valence electrons. The number of furan rings is 1. The predicted octanol–water partition coefficient (Wildman–Crippen LogP) is 3.53. The third-order valence-corrected chi connectivity index (χ3v) is 3.37. The van der Waals surface area contributed by atoms with Crippen molar-refractivity contribution in [3.8, 4) is 0 Å². The molecule has 0 saturated heterocycles. The molecule has 1 heterocycles. The van der Waals surface area contributed by atoms with E-state index in [9.17, 15) is 9.59 Å². The van der Waals surface area contributed by atoms with E-state index >= 15 is 0 Å². The summed E-state index contributed by atoms with van der Waals surface area (Å²) in [5.41, 5.74) is 0.948. The van der Waals surface area contributed by atoms with Gasteiger partial charge in [-0.05, 0) is 44.2 Å². The number of hydrogen-bond donors (Lipinski definition) is 1. The number of carbonyl (C=O) groups excluding carboxylic acids is 2. The van der Waals surface area contributed by atoms with E-state index in [1.807, 2.05) is 0 Å². The highest BCUT2D eigenvalue weighted by molar-refractivity contribution is 9.10. The van der Waals surface area contributed by atoms with Crippen LogP contribution < -0.4 is 5.32 Å². The first-order valence-electron chi connectivity index (χ1n) is 6.29. The maximum atomic E-state index is 12.0. The normalized spacial score (nSPS) is 11.8. The SMILES string of the molecule is Cc1occc1C(=O)O[C@H](C)C(=O)Nc1ccc(Br)cc1. The number of amides is 1. The Morgan fingerprint density at radius 3 is 2.48 bits per heavy atom. The fraction of sp³-hybridized carbons (Fsp3) is 0.200. The van der Waals surface area contributed by atoms with E-state index in [4.69, 9.17) is 9.15 Å². The molecule has 0 aliphatic rings. The summed E-state index contributed by atoms with van der Waals surface area (Å²) in [5, 5.41) is 2.67. The topological polar surface area (TPSA) is 68.5 Å². The van der Waals surface area contributed by atoms with Gasteiger partial charge in [0.25, 0.3) is 5.91 Å². The largest absolute Gasteiger partial charge is 0.469 e. The van der Waals surface area contributed by atoms with Crippen LogP contribution in [0.25, 0.3) is 0 Å². The summed E-state index contributed by atoms with van der Waals surface area (Å²) in [4.78, 5) is 23.8. The first-order valence-corrected chi connectivity index (χ1v) is 7.08. The van der Waals surface area contributed by atoms with Crippen molar-refractivity contribution in [1.29, 1.82) is 0 Å². The second-order valence-corrected chi connectivity index (χ2v) is 5.35. The minimum absolute atomic E-state index is 0.318. The summed E-state index contributed by atoms with van der Waals surface area (Å²) in [6.07, 6.45) is 0.494. The number of nitrogens with one attached hydrogen (secondary N) is 1. The third kappa shape index (κ3) is 3.95. The molecule has 1 aromatic carbocycles. The molecule has 1 atom stereocenters. The summed E-state index contributed by atoms with van der Waals surface area (Å²) in [6, 6.07) is 8.62. The smallest absolute Gasteiger partial charge is 0.342 e. The molecule has 21 heavy (non-hydrogen) atoms. The molecular formula is C15H14BrNO4. The summed E-state index contributed by atoms with van der Waals surface area (Å²) >= 11 is 3.31. The molecule has 1 aromatic heterocycles. The summed E-state index contributed by atoms with van der Waals surface area (Å²) < 4.78 is 11.1. The zero-order valence-corrected chi connectivity index (χ0v) is 13.1. The molecule has 0 saturated carbocycles. The molecule has 6 heteroatoms. The van der Waals surface area contributed by atoms with Gasteiger partial charge in [0, 0.05) is 10.2 Å². The Balaban J connectivity index is 1.95. The number of hydrogen-bond acceptors (Lipinski definition) is 4. The Morgan fingerprint density at radius 2 is 1.90 bits per heavy atom. The van der Waals surface area contributed by atoms with Crippen molar-refractivity contribution in [2.75, 3.05) is 5.32 Å². The van der Waals surface area contributed by atoms with Gasteiger partial charge in [0.2, 0.25) is 0 Å². The maximum absolute atomic E-state index is 12.0. The Bertz CT molecular complexity index is 648. The number of carbonyl (C=O) groups is 2. The molecule has 0 aliphatic carbocycles. The van der Waals surface area contributed by atoms with E-state index in [-0.39, 0.29) is 0 Å². The van der Waals surface area contributed by atoms with E-state index in [1.54, 1.807) is 31.2 Å². The van der Waals surface area contributed by atoms with Crippen LogP contribution in [0.15, 0.2) is 45.5 Å². The van der Waals surface area contributed by atoms with E-state index < -0.39 is 18.0 Å². The van der Waals surface area contributed by atoms with Crippen molar-refractivity contribution in [3.63, 3.8) is 0 Å². The van der Waals surface area contributed by atoms with Gasteiger partial charge in [0.05, 0.1) is 6.26 Å². The molecule has 0 radical (unpaired) electrons. The van der Waals surface area contributed by atoms with E-state index in [0.29, 0.717) is 17.0 Å². The molecule has 0 aliphatic heterocycles. The average molecular weight is 352 g/mol. The minimum Gasteiger partial charge on any atom is -0.469 e. The molecule has 5 nitrogen and oxygen atoms in total. The minimum atomic E-state index is -0.907. The predicted molar refractivity (Wildman–Crippen MR) is 81.1 cm³/mol. The lowest BCUT2D eigenvalue weighted by atomic mass is 10.2. The Morgan fingerprint density at radius 1 is 1.24 bits per heavy atom. The fourth-order valence-electron chi connectivity index (χ4n) is 1.65. The van der Waals surface area contributed by atoms with Crippen molar-refractivity contribution in [2.45, 2.75) is 20.0 Å². The van der Waals surface area contributed by atoms with E-state index in [2.05, 4.69) is 21.2 Å². The Kier molecular flexibility index (Phi) is 4.80. The van der Waals surface area contributed by atoms with Gasteiger partial charge >= 0.3 is 5.97 Å². The van der Waals surface area contributed by atoms with Gasteiger partial charge in [-0.25, -0.2) is 4.79 Å². The van der Waals surface area contributed by atoms with Crippen LogP contribution in [-0.2, 0) is 9.53 Å². The Hall–Kier alpha value is -2.08. The second-order valence-electron chi connectivity index (χ2n) is 4.43. The van der Waals surface area contributed by atoms with Crippen molar-refractivity contribution in [2.24, 2.45) is 0 Å². The van der Waals surface area contributed by atoms with Gasteiger partial charge in [0.15, 0.2) is 6.10 Å². The van der Waals surface area contributed by atoms with E-state index in [1.165, 1.54) is 19.3 Å². The van der Waals surface area contributed by atoms with Gasteiger partial charge in [-0.2, -0.15) is 0 Å². The van der Waals surface area contributed by atoms with E-state index in [0.717, 1.165) is 4.47 Å². The monoisotopic (exact) mass is 351 g/mol. The molecule has 2 rings (SSSR count). The van der Waals surface area contributed by atoms with Crippen LogP contribution in [0.5, 0.6) is 0 Å². The Labute approximate surface area is 130 Å². The molecule has 0 fully saturated rings. The number of rotatable bonds is 4. The standard InChI is InChI=1S/C15H14BrNO4/c1-9-13(7-8-20-9)15(19)21-10(2)14(18)17-12-5-3-11(16)4-6-12/h3-8,10H,1-2H3,(H,17,18)/t10-/m1/s1. The first kappa shape index (κ1) is 15.3. The molecule has 1 N–H and O–H groups in total. The summed E-state index contributed by atoms with van der Waals surface area (Å²) in [6.45, 7) is 3.17. The van der Waals surface area contributed by atoms with Crippen molar-refractivity contribution in [1.82, 2.24) is 0 Å². The maximum Gasteiger partial charge on any atom is 0.342 e. The fourth-order valence-corrected chi connectivity index (χ4v) is 1.92. The van der Waals surface area contributed by atoms with Gasteiger partial charge in [0.1, 0.15) is 11.3 Å². The van der Waals surface area contributed by atoms with Crippen molar-refractivity contribution < 1.29 is 18.7 Å². The molecular weight excluding hydrogens is 338 g/mol. The highest BCUT2D eigenvalue weighted by Crippen LogP contribution is 2.15. The number of esters is 1. The quantitative estimate of drug-likeness (QED) is 0.855. The van der Waals surface area contributed by atoms with Gasteiger partial charge in [-0.15, -0.1) is 0 Å². The molecule has 0 unspecified atom stereocenters. The zero-order valence-electron chi connectivity index (χ0n) is 11.6. The lowest BCUT2D eigenvalue weighted by Crippen LogP contribution is -2.30. The third-order valence-electron chi connectivity index (χ3n) is 2.84. The number of benzene rings is 1. The summed E-state index contributed by atoms with van der Waals surface area (Å²) in [7, 11) is 0. The highest BCUT2D eigenvalue weighted by Gasteiger charge is 2.21. The number of ether oxygens (including phenoxy) is 1. The van der Waals surface area contributed by atoms with Crippen LogP contribution in [0.4, 0.5) is 5.69 Å². The molecule has 1 amide bonds.